The maximum absolute atomic E-state index is 13.1. The molecule has 1 aromatic heterocycles. The molecule has 1 amide bonds. The SMILES string of the molecule is Cn1nc2c(c1C(=O)N1CCC3(CC1)C[C@@H](O)[C@@H](O)CO3)CCCC2. The number of amides is 1. The minimum atomic E-state index is -0.800. The van der Waals surface area contributed by atoms with E-state index in [9.17, 15) is 15.0 Å². The Bertz CT molecular complexity index is 664. The van der Waals surface area contributed by atoms with Crippen LogP contribution in [0.15, 0.2) is 0 Å². The molecule has 4 rings (SSSR count). The van der Waals surface area contributed by atoms with Crippen LogP contribution >= 0.6 is 0 Å². The second kappa shape index (κ2) is 6.37. The minimum Gasteiger partial charge on any atom is -0.390 e. The number of nitrogens with zero attached hydrogens (tertiary/aromatic N) is 3. The van der Waals surface area contributed by atoms with Gasteiger partial charge in [-0.3, -0.25) is 9.48 Å². The Hall–Kier alpha value is -1.44. The summed E-state index contributed by atoms with van der Waals surface area (Å²) in [5, 5.41) is 24.2. The lowest BCUT2D eigenvalue weighted by molar-refractivity contribution is -0.185. The fraction of sp³-hybridized carbons (Fsp3) is 0.778. The number of ether oxygens (including phenoxy) is 1. The van der Waals surface area contributed by atoms with Crippen LogP contribution in [-0.2, 0) is 24.6 Å². The molecule has 2 aliphatic heterocycles. The number of fused-ring (bicyclic) bond motifs is 1. The third-order valence-corrected chi connectivity index (χ3v) is 6.07. The Kier molecular flexibility index (Phi) is 4.33. The molecular formula is C18H27N3O4. The first-order chi connectivity index (χ1) is 12.0. The second-order valence-corrected chi connectivity index (χ2v) is 7.73. The molecule has 25 heavy (non-hydrogen) atoms. The molecule has 0 unspecified atom stereocenters. The maximum atomic E-state index is 13.1. The molecule has 0 aromatic carbocycles. The average molecular weight is 349 g/mol. The number of aliphatic hydroxyl groups is 2. The summed E-state index contributed by atoms with van der Waals surface area (Å²) in [4.78, 5) is 15.0. The van der Waals surface area contributed by atoms with E-state index < -0.39 is 17.8 Å². The van der Waals surface area contributed by atoms with Crippen LogP contribution in [-0.4, -0.2) is 68.3 Å². The van der Waals surface area contributed by atoms with E-state index in [0.29, 0.717) is 32.4 Å². The Morgan fingerprint density at radius 1 is 1.20 bits per heavy atom. The normalized spacial score (nSPS) is 28.8. The van der Waals surface area contributed by atoms with Gasteiger partial charge >= 0.3 is 0 Å². The molecule has 1 aliphatic carbocycles. The number of hydrogen-bond donors (Lipinski definition) is 2. The van der Waals surface area contributed by atoms with Crippen LogP contribution < -0.4 is 0 Å². The van der Waals surface area contributed by atoms with Crippen molar-refractivity contribution in [2.75, 3.05) is 19.7 Å². The Morgan fingerprint density at radius 2 is 1.92 bits per heavy atom. The van der Waals surface area contributed by atoms with E-state index >= 15 is 0 Å². The van der Waals surface area contributed by atoms with E-state index in [2.05, 4.69) is 5.10 Å². The van der Waals surface area contributed by atoms with Gasteiger partial charge in [-0.2, -0.15) is 5.10 Å². The lowest BCUT2D eigenvalue weighted by atomic mass is 9.82. The smallest absolute Gasteiger partial charge is 0.272 e. The van der Waals surface area contributed by atoms with Crippen molar-refractivity contribution in [2.45, 2.75) is 62.8 Å². The number of aliphatic hydroxyl groups excluding tert-OH is 2. The van der Waals surface area contributed by atoms with Crippen LogP contribution in [0.4, 0.5) is 0 Å². The van der Waals surface area contributed by atoms with Crippen LogP contribution in [0.25, 0.3) is 0 Å². The predicted octanol–water partition coefficient (Wildman–Crippen LogP) is 0.416. The molecule has 0 radical (unpaired) electrons. The number of carbonyl (C=O) groups is 1. The summed E-state index contributed by atoms with van der Waals surface area (Å²) in [6.45, 7) is 1.40. The number of aryl methyl sites for hydroxylation is 2. The van der Waals surface area contributed by atoms with Gasteiger partial charge in [0.25, 0.3) is 5.91 Å². The van der Waals surface area contributed by atoms with Crippen LogP contribution in [0.3, 0.4) is 0 Å². The van der Waals surface area contributed by atoms with Crippen LogP contribution in [0.5, 0.6) is 0 Å². The van der Waals surface area contributed by atoms with E-state index in [4.69, 9.17) is 4.74 Å². The van der Waals surface area contributed by atoms with Gasteiger partial charge in [-0.05, 0) is 38.5 Å². The Labute approximate surface area is 147 Å². The highest BCUT2D eigenvalue weighted by molar-refractivity contribution is 5.94. The van der Waals surface area contributed by atoms with Crippen molar-refractivity contribution < 1.29 is 19.7 Å². The summed E-state index contributed by atoms with van der Waals surface area (Å²) in [5.41, 5.74) is 2.55. The highest BCUT2D eigenvalue weighted by Crippen LogP contribution is 2.36. The Balaban J connectivity index is 1.46. The molecule has 3 heterocycles. The molecule has 1 spiro atoms. The fourth-order valence-electron chi connectivity index (χ4n) is 4.51. The summed E-state index contributed by atoms with van der Waals surface area (Å²) in [5.74, 6) is 0.0596. The molecule has 1 aromatic rings. The Morgan fingerprint density at radius 3 is 2.64 bits per heavy atom. The molecule has 0 saturated carbocycles. The lowest BCUT2D eigenvalue weighted by Gasteiger charge is -2.46. The molecular weight excluding hydrogens is 322 g/mol. The average Bonchev–Trinajstić information content (AvgIpc) is 2.94. The van der Waals surface area contributed by atoms with E-state index in [1.165, 1.54) is 0 Å². The van der Waals surface area contributed by atoms with E-state index in [1.54, 1.807) is 4.68 Å². The van der Waals surface area contributed by atoms with Gasteiger partial charge < -0.3 is 19.8 Å². The van der Waals surface area contributed by atoms with Gasteiger partial charge in [-0.15, -0.1) is 0 Å². The van der Waals surface area contributed by atoms with E-state index in [0.717, 1.165) is 42.6 Å². The van der Waals surface area contributed by atoms with Gasteiger partial charge in [-0.1, -0.05) is 0 Å². The second-order valence-electron chi connectivity index (χ2n) is 7.73. The van der Waals surface area contributed by atoms with Crippen LogP contribution in [0.1, 0.15) is 53.8 Å². The first-order valence-corrected chi connectivity index (χ1v) is 9.33. The zero-order valence-corrected chi connectivity index (χ0v) is 14.8. The minimum absolute atomic E-state index is 0.0596. The van der Waals surface area contributed by atoms with Crippen molar-refractivity contribution in [1.29, 1.82) is 0 Å². The number of aromatic nitrogens is 2. The molecule has 2 fully saturated rings. The van der Waals surface area contributed by atoms with Crippen molar-refractivity contribution in [1.82, 2.24) is 14.7 Å². The fourth-order valence-corrected chi connectivity index (χ4v) is 4.51. The first-order valence-electron chi connectivity index (χ1n) is 9.33. The molecule has 2 atom stereocenters. The third kappa shape index (κ3) is 2.98. The van der Waals surface area contributed by atoms with Gasteiger partial charge in [0.2, 0.25) is 0 Å². The monoisotopic (exact) mass is 349 g/mol. The first kappa shape index (κ1) is 17.0. The number of piperidine rings is 1. The molecule has 0 bridgehead atoms. The van der Waals surface area contributed by atoms with Gasteiger partial charge in [0.1, 0.15) is 11.8 Å². The molecule has 7 nitrogen and oxygen atoms in total. The van der Waals surface area contributed by atoms with E-state index in [-0.39, 0.29) is 12.5 Å². The summed E-state index contributed by atoms with van der Waals surface area (Å²) in [6.07, 6.45) is 4.47. The topological polar surface area (TPSA) is 87.8 Å². The van der Waals surface area contributed by atoms with Crippen molar-refractivity contribution in [3.8, 4) is 0 Å². The highest BCUT2D eigenvalue weighted by atomic mass is 16.5. The maximum Gasteiger partial charge on any atom is 0.272 e. The zero-order chi connectivity index (χ0) is 17.6. The quantitative estimate of drug-likeness (QED) is 0.767. The molecule has 3 aliphatic rings. The molecule has 2 N–H and O–H groups in total. The summed E-state index contributed by atoms with van der Waals surface area (Å²) in [7, 11) is 1.86. The van der Waals surface area contributed by atoms with Crippen LogP contribution in [0, 0.1) is 0 Å². The van der Waals surface area contributed by atoms with Crippen molar-refractivity contribution in [3.05, 3.63) is 17.0 Å². The number of rotatable bonds is 1. The molecule has 138 valence electrons. The van der Waals surface area contributed by atoms with Crippen molar-refractivity contribution in [2.24, 2.45) is 7.05 Å². The summed E-state index contributed by atoms with van der Waals surface area (Å²) in [6, 6.07) is 0. The predicted molar refractivity (Wildman–Crippen MR) is 90.3 cm³/mol. The van der Waals surface area contributed by atoms with Gasteiger partial charge in [0, 0.05) is 32.1 Å². The standard InChI is InChI=1S/C18H27N3O4/c1-20-16(12-4-2-3-5-13(12)19-20)17(24)21-8-6-18(7-9-21)10-14(22)15(23)11-25-18/h14-15,22-23H,2-11H2,1H3/t14-,15+/m1/s1. The third-order valence-electron chi connectivity index (χ3n) is 6.07. The van der Waals surface area contributed by atoms with E-state index in [1.807, 2.05) is 11.9 Å². The van der Waals surface area contributed by atoms with Crippen molar-refractivity contribution >= 4 is 5.91 Å². The molecule has 7 heteroatoms. The van der Waals surface area contributed by atoms with Gasteiger partial charge in [0.15, 0.2) is 0 Å². The van der Waals surface area contributed by atoms with Gasteiger partial charge in [0.05, 0.1) is 24.0 Å². The highest BCUT2D eigenvalue weighted by Gasteiger charge is 2.44. The molecule has 2 saturated heterocycles. The summed E-state index contributed by atoms with van der Waals surface area (Å²) >= 11 is 0. The number of carbonyl (C=O) groups excluding carboxylic acids is 1. The van der Waals surface area contributed by atoms with Crippen molar-refractivity contribution in [3.63, 3.8) is 0 Å². The van der Waals surface area contributed by atoms with Gasteiger partial charge in [-0.25, -0.2) is 0 Å². The van der Waals surface area contributed by atoms with Crippen LogP contribution in [0.2, 0.25) is 0 Å². The number of hydrogen-bond acceptors (Lipinski definition) is 5. The number of likely N-dealkylation sites (tertiary alicyclic amines) is 1. The largest absolute Gasteiger partial charge is 0.390 e. The zero-order valence-electron chi connectivity index (χ0n) is 14.8. The summed E-state index contributed by atoms with van der Waals surface area (Å²) < 4.78 is 7.61. The lowest BCUT2D eigenvalue weighted by Crippen LogP contribution is -2.55.